The second-order valence-corrected chi connectivity index (χ2v) is 6.57. The molecular formula is C18H16Cl2N2O3. The zero-order valence-electron chi connectivity index (χ0n) is 13.7. The first-order valence-corrected chi connectivity index (χ1v) is 8.39. The van der Waals surface area contributed by atoms with Crippen LogP contribution in [0.5, 0.6) is 5.75 Å². The van der Waals surface area contributed by atoms with Gasteiger partial charge in [0.15, 0.2) is 0 Å². The van der Waals surface area contributed by atoms with Crippen molar-refractivity contribution in [2.45, 2.75) is 19.4 Å². The minimum atomic E-state index is -0.656. The quantitative estimate of drug-likeness (QED) is 0.815. The molecule has 1 heterocycles. The van der Waals surface area contributed by atoms with Crippen molar-refractivity contribution in [3.8, 4) is 5.75 Å². The highest BCUT2D eigenvalue weighted by molar-refractivity contribution is 6.32. The lowest BCUT2D eigenvalue weighted by molar-refractivity contribution is -0.121. The molecule has 1 fully saturated rings. The predicted molar refractivity (Wildman–Crippen MR) is 98.7 cm³/mol. The highest BCUT2D eigenvalue weighted by atomic mass is 35.5. The number of halogens is 2. The summed E-state index contributed by atoms with van der Waals surface area (Å²) in [7, 11) is 1.53. The van der Waals surface area contributed by atoms with Gasteiger partial charge in [-0.2, -0.15) is 0 Å². The fourth-order valence-corrected chi connectivity index (χ4v) is 3.13. The van der Waals surface area contributed by atoms with Crippen molar-refractivity contribution >= 4 is 46.4 Å². The van der Waals surface area contributed by atoms with Crippen molar-refractivity contribution in [1.29, 1.82) is 0 Å². The molecule has 0 radical (unpaired) electrons. The van der Waals surface area contributed by atoms with Gasteiger partial charge in [0.25, 0.3) is 5.91 Å². The van der Waals surface area contributed by atoms with Crippen LogP contribution in [0.25, 0.3) is 0 Å². The lowest BCUT2D eigenvalue weighted by Gasteiger charge is -2.17. The smallest absolute Gasteiger partial charge is 0.256 e. The van der Waals surface area contributed by atoms with E-state index in [9.17, 15) is 9.59 Å². The highest BCUT2D eigenvalue weighted by Gasteiger charge is 2.39. The molecule has 0 spiro atoms. The summed E-state index contributed by atoms with van der Waals surface area (Å²) >= 11 is 12.2. The number of hydrogen-bond acceptors (Lipinski definition) is 4. The number of carbonyl (C=O) groups is 2. The first-order chi connectivity index (χ1) is 11.9. The maximum atomic E-state index is 12.7. The minimum Gasteiger partial charge on any atom is -0.495 e. The number of rotatable bonds is 4. The van der Waals surface area contributed by atoms with Crippen LogP contribution >= 0.6 is 23.2 Å². The van der Waals surface area contributed by atoms with Gasteiger partial charge in [0.2, 0.25) is 5.91 Å². The molecule has 0 unspecified atom stereocenters. The van der Waals surface area contributed by atoms with Crippen molar-refractivity contribution in [2.75, 3.05) is 17.3 Å². The Morgan fingerprint density at radius 3 is 2.52 bits per heavy atom. The van der Waals surface area contributed by atoms with Crippen LogP contribution in [-0.4, -0.2) is 25.0 Å². The summed E-state index contributed by atoms with van der Waals surface area (Å²) in [5.41, 5.74) is 2.00. The Kier molecular flexibility index (Phi) is 4.88. The molecule has 0 bridgehead atoms. The van der Waals surface area contributed by atoms with Crippen molar-refractivity contribution in [3.05, 3.63) is 52.0 Å². The van der Waals surface area contributed by atoms with E-state index in [4.69, 9.17) is 27.9 Å². The maximum Gasteiger partial charge on any atom is 0.256 e. The summed E-state index contributed by atoms with van der Waals surface area (Å²) in [6.45, 7) is 1.86. The van der Waals surface area contributed by atoms with Gasteiger partial charge in [-0.3, -0.25) is 9.59 Å². The summed E-state index contributed by atoms with van der Waals surface area (Å²) in [5, 5.41) is 3.99. The van der Waals surface area contributed by atoms with Gasteiger partial charge in [0, 0.05) is 10.7 Å². The van der Waals surface area contributed by atoms with Gasteiger partial charge < -0.3 is 10.1 Å². The van der Waals surface area contributed by atoms with E-state index in [-0.39, 0.29) is 18.2 Å². The van der Waals surface area contributed by atoms with Crippen LogP contribution in [0.2, 0.25) is 10.0 Å². The molecule has 1 saturated heterocycles. The molecule has 2 aromatic carbocycles. The molecule has 5 nitrogen and oxygen atoms in total. The van der Waals surface area contributed by atoms with Crippen molar-refractivity contribution in [3.63, 3.8) is 0 Å². The van der Waals surface area contributed by atoms with Gasteiger partial charge in [-0.15, -0.1) is 0 Å². The summed E-state index contributed by atoms with van der Waals surface area (Å²) in [6, 6.07) is 9.56. The number of carbonyl (C=O) groups excluding carboxylic acids is 2. The molecule has 3 rings (SSSR count). The van der Waals surface area contributed by atoms with Crippen LogP contribution < -0.4 is 15.0 Å². The van der Waals surface area contributed by atoms with Crippen LogP contribution in [0.3, 0.4) is 0 Å². The second kappa shape index (κ2) is 6.94. The summed E-state index contributed by atoms with van der Waals surface area (Å²) < 4.78 is 5.10. The molecular weight excluding hydrogens is 363 g/mol. The Morgan fingerprint density at radius 1 is 1.12 bits per heavy atom. The minimum absolute atomic E-state index is 0.0635. The molecule has 1 aliphatic heterocycles. The van der Waals surface area contributed by atoms with Crippen LogP contribution in [0.4, 0.5) is 11.4 Å². The van der Waals surface area contributed by atoms with Gasteiger partial charge in [0.1, 0.15) is 11.8 Å². The van der Waals surface area contributed by atoms with E-state index in [1.165, 1.54) is 7.11 Å². The standard InChI is InChI=1S/C18H16Cl2N2O3/c1-10-3-5-12(8-13(10)19)22-17(23)9-15(18(22)24)21-11-4-6-16(25-2)14(20)7-11/h3-8,15,21H,9H2,1-2H3/t15-/m1/s1. The number of benzene rings is 2. The molecule has 0 aliphatic carbocycles. The number of nitrogens with one attached hydrogen (secondary N) is 1. The van der Waals surface area contributed by atoms with Crippen LogP contribution in [0.1, 0.15) is 12.0 Å². The lowest BCUT2D eigenvalue weighted by Crippen LogP contribution is -2.34. The number of methoxy groups -OCH3 is 1. The van der Waals surface area contributed by atoms with E-state index in [0.29, 0.717) is 27.2 Å². The number of aryl methyl sites for hydroxylation is 1. The van der Waals surface area contributed by atoms with Crippen LogP contribution in [0, 0.1) is 6.92 Å². The fraction of sp³-hybridized carbons (Fsp3) is 0.222. The monoisotopic (exact) mass is 378 g/mol. The van der Waals surface area contributed by atoms with E-state index in [1.807, 2.05) is 6.92 Å². The van der Waals surface area contributed by atoms with E-state index in [1.54, 1.807) is 36.4 Å². The lowest BCUT2D eigenvalue weighted by atomic mass is 10.2. The Bertz CT molecular complexity index is 854. The average molecular weight is 379 g/mol. The van der Waals surface area contributed by atoms with Crippen molar-refractivity contribution in [1.82, 2.24) is 0 Å². The number of amides is 2. The largest absolute Gasteiger partial charge is 0.495 e. The zero-order valence-corrected chi connectivity index (χ0v) is 15.2. The number of hydrogen-bond donors (Lipinski definition) is 1. The normalized spacial score (nSPS) is 17.1. The molecule has 25 heavy (non-hydrogen) atoms. The van der Waals surface area contributed by atoms with Gasteiger partial charge in [0.05, 0.1) is 24.2 Å². The summed E-state index contributed by atoms with van der Waals surface area (Å²) in [4.78, 5) is 26.2. The Morgan fingerprint density at radius 2 is 1.88 bits per heavy atom. The van der Waals surface area contributed by atoms with E-state index in [2.05, 4.69) is 5.32 Å². The molecule has 7 heteroatoms. The first-order valence-electron chi connectivity index (χ1n) is 7.63. The molecule has 0 saturated carbocycles. The SMILES string of the molecule is COc1ccc(N[C@@H]2CC(=O)N(c3ccc(C)c(Cl)c3)C2=O)cc1Cl. The number of imide groups is 1. The van der Waals surface area contributed by atoms with E-state index in [0.717, 1.165) is 10.5 Å². The Hall–Kier alpha value is -2.24. The zero-order chi connectivity index (χ0) is 18.1. The molecule has 130 valence electrons. The summed E-state index contributed by atoms with van der Waals surface area (Å²) in [6.07, 6.45) is 0.0635. The summed E-state index contributed by atoms with van der Waals surface area (Å²) in [5.74, 6) is -0.0594. The second-order valence-electron chi connectivity index (χ2n) is 5.75. The number of nitrogens with zero attached hydrogens (tertiary/aromatic N) is 1. The first kappa shape index (κ1) is 17.6. The van der Waals surface area contributed by atoms with Crippen molar-refractivity contribution in [2.24, 2.45) is 0 Å². The predicted octanol–water partition coefficient (Wildman–Crippen LogP) is 4.05. The number of ether oxygens (including phenoxy) is 1. The molecule has 2 amide bonds. The van der Waals surface area contributed by atoms with Crippen molar-refractivity contribution < 1.29 is 14.3 Å². The van der Waals surface area contributed by atoms with Gasteiger partial charge in [-0.25, -0.2) is 4.90 Å². The topological polar surface area (TPSA) is 58.6 Å². The van der Waals surface area contributed by atoms with E-state index >= 15 is 0 Å². The Balaban J connectivity index is 1.81. The third-order valence-corrected chi connectivity index (χ3v) is 4.76. The molecule has 2 aromatic rings. The molecule has 0 aromatic heterocycles. The molecule has 1 atom stereocenters. The third kappa shape index (κ3) is 3.43. The van der Waals surface area contributed by atoms with Crippen LogP contribution in [0.15, 0.2) is 36.4 Å². The van der Waals surface area contributed by atoms with E-state index < -0.39 is 6.04 Å². The molecule has 1 N–H and O–H groups in total. The fourth-order valence-electron chi connectivity index (χ4n) is 2.69. The van der Waals surface area contributed by atoms with Crippen LogP contribution in [-0.2, 0) is 9.59 Å². The van der Waals surface area contributed by atoms with Gasteiger partial charge in [-0.05, 0) is 42.8 Å². The number of anilines is 2. The van der Waals surface area contributed by atoms with Gasteiger partial charge >= 0.3 is 0 Å². The maximum absolute atomic E-state index is 12.7. The van der Waals surface area contributed by atoms with Gasteiger partial charge in [-0.1, -0.05) is 29.3 Å². The average Bonchev–Trinajstić information content (AvgIpc) is 2.84. The Labute approximate surface area is 155 Å². The molecule has 1 aliphatic rings. The third-order valence-electron chi connectivity index (χ3n) is 4.05. The highest BCUT2D eigenvalue weighted by Crippen LogP contribution is 2.31.